The Morgan fingerprint density at radius 1 is 1.29 bits per heavy atom. The minimum atomic E-state index is 0. The number of nitrogens with one attached hydrogen (secondary N) is 1. The molecule has 1 aliphatic rings. The van der Waals surface area contributed by atoms with E-state index in [1.807, 2.05) is 0 Å². The summed E-state index contributed by atoms with van der Waals surface area (Å²) in [6.45, 7) is 2.27. The zero-order valence-corrected chi connectivity index (χ0v) is 9.26. The van der Waals surface area contributed by atoms with Gasteiger partial charge in [-0.2, -0.15) is 0 Å². The Hall–Kier alpha value is -0.730. The van der Waals surface area contributed by atoms with Crippen LogP contribution in [0.5, 0.6) is 0 Å². The van der Waals surface area contributed by atoms with Gasteiger partial charge in [-0.3, -0.25) is 0 Å². The van der Waals surface area contributed by atoms with Gasteiger partial charge in [0.05, 0.1) is 0 Å². The van der Waals surface area contributed by atoms with E-state index in [0.717, 1.165) is 13.1 Å². The van der Waals surface area contributed by atoms with Crippen LogP contribution in [0.3, 0.4) is 0 Å². The predicted octanol–water partition coefficient (Wildman–Crippen LogP) is 1.91. The SMILES string of the molecule is CN(c1ccccc1)[C@H]1CCNC1.Cl. The van der Waals surface area contributed by atoms with E-state index in [1.54, 1.807) is 0 Å². The molecule has 1 heterocycles. The van der Waals surface area contributed by atoms with Crippen LogP contribution < -0.4 is 10.2 Å². The van der Waals surface area contributed by atoms with Crippen LogP contribution in [0.4, 0.5) is 5.69 Å². The lowest BCUT2D eigenvalue weighted by atomic mass is 10.2. The summed E-state index contributed by atoms with van der Waals surface area (Å²) in [5.74, 6) is 0. The van der Waals surface area contributed by atoms with Gasteiger partial charge in [-0.05, 0) is 25.1 Å². The Bertz CT molecular complexity index is 257. The van der Waals surface area contributed by atoms with Crippen LogP contribution in [-0.4, -0.2) is 26.2 Å². The van der Waals surface area contributed by atoms with Crippen molar-refractivity contribution in [2.24, 2.45) is 0 Å². The van der Waals surface area contributed by atoms with Crippen LogP contribution in [0.1, 0.15) is 6.42 Å². The van der Waals surface area contributed by atoms with Crippen molar-refractivity contribution in [3.05, 3.63) is 30.3 Å². The number of likely N-dealkylation sites (N-methyl/N-ethyl adjacent to an activating group) is 1. The molecule has 3 heteroatoms. The standard InChI is InChI=1S/C11H16N2.ClH/c1-13(11-7-8-12-9-11)10-5-3-2-4-6-10;/h2-6,11-12H,7-9H2,1H3;1H/t11-;/m0./s1. The van der Waals surface area contributed by atoms with Crippen LogP contribution in [0.2, 0.25) is 0 Å². The fourth-order valence-electron chi connectivity index (χ4n) is 1.84. The molecule has 0 saturated carbocycles. The van der Waals surface area contributed by atoms with Crippen molar-refractivity contribution in [3.63, 3.8) is 0 Å². The van der Waals surface area contributed by atoms with Gasteiger partial charge < -0.3 is 10.2 Å². The summed E-state index contributed by atoms with van der Waals surface area (Å²) in [4.78, 5) is 2.36. The quantitative estimate of drug-likeness (QED) is 0.806. The van der Waals surface area contributed by atoms with Crippen molar-refractivity contribution in [1.82, 2.24) is 5.32 Å². The summed E-state index contributed by atoms with van der Waals surface area (Å²) in [7, 11) is 2.17. The van der Waals surface area contributed by atoms with E-state index >= 15 is 0 Å². The summed E-state index contributed by atoms with van der Waals surface area (Å²) in [6.07, 6.45) is 1.26. The summed E-state index contributed by atoms with van der Waals surface area (Å²) < 4.78 is 0. The van der Waals surface area contributed by atoms with Crippen molar-refractivity contribution in [2.75, 3.05) is 25.0 Å². The molecule has 78 valence electrons. The zero-order valence-electron chi connectivity index (χ0n) is 8.44. The van der Waals surface area contributed by atoms with Gasteiger partial charge in [-0.25, -0.2) is 0 Å². The highest BCUT2D eigenvalue weighted by Gasteiger charge is 2.18. The van der Waals surface area contributed by atoms with E-state index < -0.39 is 0 Å². The number of nitrogens with zero attached hydrogens (tertiary/aromatic N) is 1. The van der Waals surface area contributed by atoms with E-state index in [1.165, 1.54) is 12.1 Å². The van der Waals surface area contributed by atoms with Gasteiger partial charge in [-0.15, -0.1) is 12.4 Å². The Balaban J connectivity index is 0.000000980. The Labute approximate surface area is 91.7 Å². The molecular formula is C11H17ClN2. The second-order valence-electron chi connectivity index (χ2n) is 3.59. The molecule has 1 aromatic rings. The largest absolute Gasteiger partial charge is 0.370 e. The average molecular weight is 213 g/mol. The van der Waals surface area contributed by atoms with Crippen LogP contribution in [-0.2, 0) is 0 Å². The van der Waals surface area contributed by atoms with Gasteiger partial charge in [0, 0.05) is 25.3 Å². The van der Waals surface area contributed by atoms with E-state index in [-0.39, 0.29) is 12.4 Å². The van der Waals surface area contributed by atoms with Crippen LogP contribution in [0.25, 0.3) is 0 Å². The number of hydrogen-bond acceptors (Lipinski definition) is 2. The second-order valence-corrected chi connectivity index (χ2v) is 3.59. The molecule has 0 radical (unpaired) electrons. The van der Waals surface area contributed by atoms with Crippen LogP contribution in [0, 0.1) is 0 Å². The first-order valence-corrected chi connectivity index (χ1v) is 4.86. The third kappa shape index (κ3) is 2.40. The number of halogens is 1. The van der Waals surface area contributed by atoms with Crippen molar-refractivity contribution in [1.29, 1.82) is 0 Å². The van der Waals surface area contributed by atoms with E-state index in [4.69, 9.17) is 0 Å². The van der Waals surface area contributed by atoms with Crippen LogP contribution in [0.15, 0.2) is 30.3 Å². The van der Waals surface area contributed by atoms with E-state index in [2.05, 4.69) is 47.6 Å². The highest BCUT2D eigenvalue weighted by Crippen LogP contribution is 2.17. The number of para-hydroxylation sites is 1. The molecule has 2 nitrogen and oxygen atoms in total. The third-order valence-electron chi connectivity index (χ3n) is 2.75. The molecular weight excluding hydrogens is 196 g/mol. The molecule has 1 aliphatic heterocycles. The third-order valence-corrected chi connectivity index (χ3v) is 2.75. The second kappa shape index (κ2) is 5.23. The van der Waals surface area contributed by atoms with Gasteiger partial charge in [0.2, 0.25) is 0 Å². The summed E-state index contributed by atoms with van der Waals surface area (Å²) in [6, 6.07) is 11.2. The van der Waals surface area contributed by atoms with E-state index in [9.17, 15) is 0 Å². The molecule has 2 rings (SSSR count). The molecule has 1 saturated heterocycles. The van der Waals surface area contributed by atoms with Gasteiger partial charge in [0.15, 0.2) is 0 Å². The van der Waals surface area contributed by atoms with Crippen molar-refractivity contribution >= 4 is 18.1 Å². The summed E-state index contributed by atoms with van der Waals surface area (Å²) in [5.41, 5.74) is 1.32. The van der Waals surface area contributed by atoms with Gasteiger partial charge in [0.1, 0.15) is 0 Å². The number of anilines is 1. The Morgan fingerprint density at radius 2 is 2.00 bits per heavy atom. The smallest absolute Gasteiger partial charge is 0.0423 e. The Kier molecular flexibility index (Phi) is 4.23. The highest BCUT2D eigenvalue weighted by molar-refractivity contribution is 5.85. The summed E-state index contributed by atoms with van der Waals surface area (Å²) >= 11 is 0. The molecule has 0 bridgehead atoms. The van der Waals surface area contributed by atoms with Gasteiger partial charge >= 0.3 is 0 Å². The first-order valence-electron chi connectivity index (χ1n) is 4.86. The maximum absolute atomic E-state index is 3.38. The lowest BCUT2D eigenvalue weighted by molar-refractivity contribution is 0.686. The molecule has 14 heavy (non-hydrogen) atoms. The van der Waals surface area contributed by atoms with Gasteiger partial charge in [-0.1, -0.05) is 18.2 Å². The summed E-state index contributed by atoms with van der Waals surface area (Å²) in [5, 5.41) is 3.38. The molecule has 0 spiro atoms. The minimum absolute atomic E-state index is 0. The highest BCUT2D eigenvalue weighted by atomic mass is 35.5. The molecule has 0 amide bonds. The molecule has 0 aromatic heterocycles. The Morgan fingerprint density at radius 3 is 2.57 bits per heavy atom. The first kappa shape index (κ1) is 11.3. The lowest BCUT2D eigenvalue weighted by Gasteiger charge is -2.25. The minimum Gasteiger partial charge on any atom is -0.370 e. The topological polar surface area (TPSA) is 15.3 Å². The van der Waals surface area contributed by atoms with Crippen molar-refractivity contribution in [2.45, 2.75) is 12.5 Å². The lowest BCUT2D eigenvalue weighted by Crippen LogP contribution is -2.33. The zero-order chi connectivity index (χ0) is 9.10. The molecule has 1 N–H and O–H groups in total. The van der Waals surface area contributed by atoms with Crippen molar-refractivity contribution in [3.8, 4) is 0 Å². The number of benzene rings is 1. The molecule has 1 atom stereocenters. The van der Waals surface area contributed by atoms with Gasteiger partial charge in [0.25, 0.3) is 0 Å². The predicted molar refractivity (Wildman–Crippen MR) is 63.4 cm³/mol. The fraction of sp³-hybridized carbons (Fsp3) is 0.455. The van der Waals surface area contributed by atoms with Crippen molar-refractivity contribution < 1.29 is 0 Å². The molecule has 1 fully saturated rings. The normalized spacial score (nSPS) is 20.2. The molecule has 1 aromatic carbocycles. The maximum Gasteiger partial charge on any atom is 0.0423 e. The first-order chi connectivity index (χ1) is 6.38. The number of rotatable bonds is 2. The number of hydrogen-bond donors (Lipinski definition) is 1. The van der Waals surface area contributed by atoms with Crippen LogP contribution >= 0.6 is 12.4 Å². The monoisotopic (exact) mass is 212 g/mol. The average Bonchev–Trinajstić information content (AvgIpc) is 2.71. The van der Waals surface area contributed by atoms with E-state index in [0.29, 0.717) is 6.04 Å². The molecule has 0 unspecified atom stereocenters. The molecule has 0 aliphatic carbocycles. The fourth-order valence-corrected chi connectivity index (χ4v) is 1.84. The maximum atomic E-state index is 3.38.